The van der Waals surface area contributed by atoms with Crippen molar-refractivity contribution in [3.63, 3.8) is 0 Å². The van der Waals surface area contributed by atoms with Gasteiger partial charge in [0, 0.05) is 24.4 Å². The fraction of sp³-hybridized carbons (Fsp3) is 0.238. The zero-order valence-corrected chi connectivity index (χ0v) is 17.8. The van der Waals surface area contributed by atoms with Gasteiger partial charge in [-0.1, -0.05) is 11.3 Å². The molecule has 1 aromatic heterocycles. The molecule has 12 heteroatoms. The van der Waals surface area contributed by atoms with Crippen molar-refractivity contribution in [2.24, 2.45) is 0 Å². The maximum absolute atomic E-state index is 13.9. The van der Waals surface area contributed by atoms with E-state index in [1.165, 1.54) is 4.90 Å². The Bertz CT molecular complexity index is 1240. The maximum Gasteiger partial charge on any atom is 0.322 e. The molecule has 5 rings (SSSR count). The van der Waals surface area contributed by atoms with Gasteiger partial charge in [-0.15, -0.1) is 10.2 Å². The van der Waals surface area contributed by atoms with E-state index in [0.29, 0.717) is 41.6 Å². The van der Waals surface area contributed by atoms with Crippen molar-refractivity contribution in [3.05, 3.63) is 58.0 Å². The van der Waals surface area contributed by atoms with Crippen LogP contribution in [0.3, 0.4) is 0 Å². The Morgan fingerprint density at radius 2 is 1.91 bits per heavy atom. The molecule has 1 fully saturated rings. The van der Waals surface area contributed by atoms with E-state index in [0.717, 1.165) is 29.5 Å². The average Bonchev–Trinajstić information content (AvgIpc) is 3.55. The lowest BCUT2D eigenvalue weighted by atomic mass is 10.2. The van der Waals surface area contributed by atoms with Crippen LogP contribution in [0.25, 0.3) is 0 Å². The summed E-state index contributed by atoms with van der Waals surface area (Å²) in [4.78, 5) is 26.8. The summed E-state index contributed by atoms with van der Waals surface area (Å²) >= 11 is 1.07. The molecule has 2 aliphatic heterocycles. The molecule has 2 N–H and O–H groups in total. The van der Waals surface area contributed by atoms with Gasteiger partial charge >= 0.3 is 6.03 Å². The molecule has 0 unspecified atom stereocenters. The summed E-state index contributed by atoms with van der Waals surface area (Å²) in [5.74, 6) is -0.712. The number of anilines is 2. The van der Waals surface area contributed by atoms with Gasteiger partial charge in [-0.25, -0.2) is 13.6 Å². The molecular weight excluding hydrogens is 456 g/mol. The zero-order chi connectivity index (χ0) is 22.9. The lowest BCUT2D eigenvalue weighted by molar-refractivity contribution is 0.102. The molecule has 2 aliphatic rings. The highest BCUT2D eigenvalue weighted by Gasteiger charge is 2.33. The molecule has 1 atom stereocenters. The number of benzene rings is 2. The van der Waals surface area contributed by atoms with E-state index in [1.54, 1.807) is 18.2 Å². The lowest BCUT2D eigenvalue weighted by Crippen LogP contribution is -2.34. The normalized spacial score (nSPS) is 16.7. The van der Waals surface area contributed by atoms with Crippen LogP contribution in [0.4, 0.5) is 25.0 Å². The largest absolute Gasteiger partial charge is 0.454 e. The third-order valence-electron chi connectivity index (χ3n) is 5.23. The minimum absolute atomic E-state index is 0.129. The van der Waals surface area contributed by atoms with Crippen LogP contribution in [0.2, 0.25) is 0 Å². The number of fused-ring (bicyclic) bond motifs is 1. The van der Waals surface area contributed by atoms with Crippen molar-refractivity contribution >= 4 is 34.6 Å². The minimum atomic E-state index is -0.737. The second-order valence-corrected chi connectivity index (χ2v) is 8.38. The molecule has 0 saturated carbocycles. The third-order valence-corrected chi connectivity index (χ3v) is 6.26. The number of aromatic nitrogens is 2. The van der Waals surface area contributed by atoms with Gasteiger partial charge in [-0.05, 0) is 37.1 Å². The van der Waals surface area contributed by atoms with Gasteiger partial charge in [-0.3, -0.25) is 4.79 Å². The first-order valence-electron chi connectivity index (χ1n) is 10.0. The standard InChI is InChI=1S/C21H17F2N5O4S/c22-11-3-5-13(23)14(8-11)25-21(30)28-7-1-2-15(28)19-26-27-20(33-19)18(29)24-12-4-6-16-17(9-12)32-10-31-16/h3-6,8-9,15H,1-2,7,10H2,(H,24,29)(H,25,30)/t15-/m0/s1. The SMILES string of the molecule is O=C(Nc1ccc2c(c1)OCO2)c1nnc([C@@H]2CCCN2C(=O)Nc2cc(F)ccc2F)s1. The number of nitrogens with one attached hydrogen (secondary N) is 2. The zero-order valence-electron chi connectivity index (χ0n) is 17.0. The molecule has 0 aliphatic carbocycles. The fourth-order valence-corrected chi connectivity index (χ4v) is 4.55. The van der Waals surface area contributed by atoms with Gasteiger partial charge in [0.25, 0.3) is 5.91 Å². The van der Waals surface area contributed by atoms with Gasteiger partial charge in [0.05, 0.1) is 11.7 Å². The Kier molecular flexibility index (Phi) is 5.50. The number of carbonyl (C=O) groups excluding carboxylic acids is 2. The van der Waals surface area contributed by atoms with E-state index in [4.69, 9.17) is 9.47 Å². The second kappa shape index (κ2) is 8.62. The van der Waals surface area contributed by atoms with Gasteiger partial charge in [0.15, 0.2) is 11.5 Å². The first kappa shape index (κ1) is 21.1. The highest BCUT2D eigenvalue weighted by atomic mass is 32.1. The number of ether oxygens (including phenoxy) is 2. The van der Waals surface area contributed by atoms with E-state index >= 15 is 0 Å². The third kappa shape index (κ3) is 4.29. The summed E-state index contributed by atoms with van der Waals surface area (Å²) in [6.45, 7) is 0.537. The second-order valence-electron chi connectivity index (χ2n) is 7.37. The van der Waals surface area contributed by atoms with E-state index in [-0.39, 0.29) is 17.5 Å². The summed E-state index contributed by atoms with van der Waals surface area (Å²) in [5, 5.41) is 13.8. The highest BCUT2D eigenvalue weighted by molar-refractivity contribution is 7.13. The van der Waals surface area contributed by atoms with Crippen LogP contribution in [-0.2, 0) is 0 Å². The van der Waals surface area contributed by atoms with Gasteiger partial charge in [0.2, 0.25) is 11.8 Å². The van der Waals surface area contributed by atoms with Crippen molar-refractivity contribution in [2.75, 3.05) is 24.0 Å². The van der Waals surface area contributed by atoms with Crippen molar-refractivity contribution in [3.8, 4) is 11.5 Å². The van der Waals surface area contributed by atoms with E-state index < -0.39 is 29.6 Å². The molecule has 0 spiro atoms. The smallest absolute Gasteiger partial charge is 0.322 e. The molecule has 9 nitrogen and oxygen atoms in total. The lowest BCUT2D eigenvalue weighted by Gasteiger charge is -2.23. The molecule has 170 valence electrons. The van der Waals surface area contributed by atoms with Crippen LogP contribution < -0.4 is 20.1 Å². The number of carbonyl (C=O) groups is 2. The molecule has 3 aromatic rings. The predicted molar refractivity (Wildman–Crippen MR) is 114 cm³/mol. The molecule has 0 bridgehead atoms. The number of urea groups is 1. The van der Waals surface area contributed by atoms with Crippen LogP contribution in [0.5, 0.6) is 11.5 Å². The molecule has 3 heterocycles. The first-order valence-corrected chi connectivity index (χ1v) is 10.9. The Balaban J connectivity index is 1.27. The van der Waals surface area contributed by atoms with E-state index in [9.17, 15) is 18.4 Å². The van der Waals surface area contributed by atoms with E-state index in [1.807, 2.05) is 0 Å². The van der Waals surface area contributed by atoms with Crippen LogP contribution in [0, 0.1) is 11.6 Å². The van der Waals surface area contributed by atoms with Crippen molar-refractivity contribution in [1.82, 2.24) is 15.1 Å². The highest BCUT2D eigenvalue weighted by Crippen LogP contribution is 2.36. The van der Waals surface area contributed by atoms with Gasteiger partial charge < -0.3 is 25.0 Å². The number of likely N-dealkylation sites (tertiary alicyclic amines) is 1. The summed E-state index contributed by atoms with van der Waals surface area (Å²) < 4.78 is 37.9. The molecule has 33 heavy (non-hydrogen) atoms. The predicted octanol–water partition coefficient (Wildman–Crippen LogP) is 4.17. The number of rotatable bonds is 4. The Morgan fingerprint density at radius 3 is 2.79 bits per heavy atom. The molecule has 0 radical (unpaired) electrons. The summed E-state index contributed by atoms with van der Waals surface area (Å²) in [7, 11) is 0. The van der Waals surface area contributed by atoms with Crippen molar-refractivity contribution in [1.29, 1.82) is 0 Å². The van der Waals surface area contributed by atoms with Crippen LogP contribution in [0.15, 0.2) is 36.4 Å². The molecule has 1 saturated heterocycles. The molecule has 3 amide bonds. The minimum Gasteiger partial charge on any atom is -0.454 e. The van der Waals surface area contributed by atoms with Crippen LogP contribution >= 0.6 is 11.3 Å². The fourth-order valence-electron chi connectivity index (χ4n) is 3.67. The first-order chi connectivity index (χ1) is 16.0. The molecular formula is C21H17F2N5O4S. The number of amides is 3. The van der Waals surface area contributed by atoms with Crippen molar-refractivity contribution < 1.29 is 27.8 Å². The maximum atomic E-state index is 13.9. The Labute approximate surface area is 190 Å². The number of halogens is 2. The quantitative estimate of drug-likeness (QED) is 0.589. The average molecular weight is 473 g/mol. The topological polar surface area (TPSA) is 106 Å². The van der Waals surface area contributed by atoms with Crippen molar-refractivity contribution in [2.45, 2.75) is 18.9 Å². The summed E-state index contributed by atoms with van der Waals surface area (Å²) in [6, 6.07) is 6.86. The summed E-state index contributed by atoms with van der Waals surface area (Å²) in [6.07, 6.45) is 1.31. The summed E-state index contributed by atoms with van der Waals surface area (Å²) in [5.41, 5.74) is 0.270. The number of hydrogen-bond acceptors (Lipinski definition) is 7. The van der Waals surface area contributed by atoms with E-state index in [2.05, 4.69) is 20.8 Å². The number of hydrogen-bond donors (Lipinski definition) is 2. The monoisotopic (exact) mass is 473 g/mol. The van der Waals surface area contributed by atoms with Crippen LogP contribution in [0.1, 0.15) is 33.7 Å². The molecule has 2 aromatic carbocycles. The number of nitrogens with zero attached hydrogens (tertiary/aromatic N) is 3. The van der Waals surface area contributed by atoms with Gasteiger partial charge in [0.1, 0.15) is 16.6 Å². The van der Waals surface area contributed by atoms with Crippen LogP contribution in [-0.4, -0.2) is 40.4 Å². The van der Waals surface area contributed by atoms with Gasteiger partial charge in [-0.2, -0.15) is 0 Å². The Morgan fingerprint density at radius 1 is 1.06 bits per heavy atom. The Hall–Kier alpha value is -3.80.